The number of morpholine rings is 1. The molecule has 0 radical (unpaired) electrons. The molecule has 1 aliphatic heterocycles. The van der Waals surface area contributed by atoms with Crippen molar-refractivity contribution in [3.05, 3.63) is 89.5 Å². The molecule has 3 aromatic rings. The number of hydrogen-bond donors (Lipinski definition) is 3. The van der Waals surface area contributed by atoms with Crippen molar-refractivity contribution in [1.29, 1.82) is 0 Å². The van der Waals surface area contributed by atoms with Crippen LogP contribution >= 0.6 is 0 Å². The molecule has 0 spiro atoms. The molecular weight excluding hydrogens is 480 g/mol. The lowest BCUT2D eigenvalue weighted by Crippen LogP contribution is -2.37. The zero-order chi connectivity index (χ0) is 26.5. The number of nitrogens with zero attached hydrogens (tertiary/aromatic N) is 1. The maximum atomic E-state index is 13.1. The van der Waals surface area contributed by atoms with Gasteiger partial charge < -0.3 is 25.4 Å². The highest BCUT2D eigenvalue weighted by atomic mass is 16.5. The van der Waals surface area contributed by atoms with Crippen LogP contribution in [0.2, 0.25) is 0 Å². The molecule has 38 heavy (non-hydrogen) atoms. The van der Waals surface area contributed by atoms with Gasteiger partial charge in [-0.25, -0.2) is 4.79 Å². The minimum Gasteiger partial charge on any atom is -0.444 e. The third-order valence-electron chi connectivity index (χ3n) is 7.41. The summed E-state index contributed by atoms with van der Waals surface area (Å²) in [5, 5.41) is 5.80. The van der Waals surface area contributed by atoms with Crippen molar-refractivity contribution >= 4 is 29.1 Å². The zero-order valence-corrected chi connectivity index (χ0v) is 21.6. The first kappa shape index (κ1) is 25.8. The fourth-order valence-electron chi connectivity index (χ4n) is 4.89. The van der Waals surface area contributed by atoms with Crippen LogP contribution in [-0.4, -0.2) is 43.8 Å². The number of amides is 2. The third kappa shape index (κ3) is 5.98. The molecule has 1 heterocycles. The number of anilines is 3. The molecule has 3 aromatic carbocycles. The first-order valence-corrected chi connectivity index (χ1v) is 13.1. The van der Waals surface area contributed by atoms with Gasteiger partial charge in [-0.1, -0.05) is 49.4 Å². The molecule has 8 heteroatoms. The molecule has 8 nitrogen and oxygen atoms in total. The second-order valence-corrected chi connectivity index (χ2v) is 9.94. The van der Waals surface area contributed by atoms with E-state index >= 15 is 0 Å². The van der Waals surface area contributed by atoms with Crippen molar-refractivity contribution in [3.63, 3.8) is 0 Å². The maximum Gasteiger partial charge on any atom is 0.412 e. The Balaban J connectivity index is 1.29. The van der Waals surface area contributed by atoms with Crippen molar-refractivity contribution in [1.82, 2.24) is 0 Å². The molecule has 198 valence electrons. The number of carbonyl (C=O) groups excluding carboxylic acids is 2. The molecule has 2 amide bonds. The normalized spacial score (nSPS) is 20.5. The largest absolute Gasteiger partial charge is 0.444 e. The van der Waals surface area contributed by atoms with Gasteiger partial charge in [0.05, 0.1) is 24.6 Å². The van der Waals surface area contributed by atoms with Gasteiger partial charge in [0.2, 0.25) is 0 Å². The molecule has 2 aliphatic rings. The average molecular weight is 515 g/mol. The maximum absolute atomic E-state index is 13.1. The van der Waals surface area contributed by atoms with Gasteiger partial charge in [-0.05, 0) is 54.3 Å². The quantitative estimate of drug-likeness (QED) is 0.385. The monoisotopic (exact) mass is 514 g/mol. The smallest absolute Gasteiger partial charge is 0.412 e. The van der Waals surface area contributed by atoms with E-state index in [1.165, 1.54) is 5.56 Å². The number of hydrogen-bond acceptors (Lipinski definition) is 6. The van der Waals surface area contributed by atoms with E-state index in [0.717, 1.165) is 24.1 Å². The zero-order valence-electron chi connectivity index (χ0n) is 21.6. The molecular formula is C30H34N4O4. The van der Waals surface area contributed by atoms with E-state index in [-0.39, 0.29) is 18.1 Å². The molecule has 2 atom stereocenters. The Kier molecular flexibility index (Phi) is 7.62. The van der Waals surface area contributed by atoms with Gasteiger partial charge >= 0.3 is 6.09 Å². The van der Waals surface area contributed by atoms with Crippen molar-refractivity contribution < 1.29 is 19.1 Å². The Morgan fingerprint density at radius 2 is 1.76 bits per heavy atom. The lowest BCUT2D eigenvalue weighted by atomic mass is 10.0. The fraction of sp³-hybridized carbons (Fsp3) is 0.333. The topological polar surface area (TPSA) is 106 Å². The third-order valence-corrected chi connectivity index (χ3v) is 7.41. The SMILES string of the molecule is CC[C@]1(N)C[C@H]1c1ccc(NC(=O)c2ccc(N3CCOCC3)c(NC(=O)OCc3ccccc3)c2)cc1. The second-order valence-electron chi connectivity index (χ2n) is 9.94. The van der Waals surface area contributed by atoms with Crippen LogP contribution in [0.5, 0.6) is 0 Å². The van der Waals surface area contributed by atoms with E-state index in [4.69, 9.17) is 15.2 Å². The van der Waals surface area contributed by atoms with Gasteiger partial charge in [-0.3, -0.25) is 10.1 Å². The Morgan fingerprint density at radius 1 is 1.03 bits per heavy atom. The van der Waals surface area contributed by atoms with Crippen LogP contribution in [0.15, 0.2) is 72.8 Å². The van der Waals surface area contributed by atoms with E-state index in [9.17, 15) is 9.59 Å². The number of nitrogens with one attached hydrogen (secondary N) is 2. The molecule has 5 rings (SSSR count). The van der Waals surface area contributed by atoms with E-state index in [2.05, 4.69) is 22.5 Å². The molecule has 0 bridgehead atoms. The van der Waals surface area contributed by atoms with Gasteiger partial charge in [0, 0.05) is 35.8 Å². The van der Waals surface area contributed by atoms with Crippen LogP contribution < -0.4 is 21.3 Å². The highest BCUT2D eigenvalue weighted by Crippen LogP contribution is 2.51. The lowest BCUT2D eigenvalue weighted by Gasteiger charge is -2.30. The number of benzene rings is 3. The molecule has 1 saturated heterocycles. The average Bonchev–Trinajstić information content (AvgIpc) is 3.65. The second kappa shape index (κ2) is 11.2. The highest BCUT2D eigenvalue weighted by molar-refractivity contribution is 6.06. The molecule has 2 fully saturated rings. The summed E-state index contributed by atoms with van der Waals surface area (Å²) < 4.78 is 10.9. The van der Waals surface area contributed by atoms with Crippen molar-refractivity contribution in [3.8, 4) is 0 Å². The summed E-state index contributed by atoms with van der Waals surface area (Å²) >= 11 is 0. The molecule has 1 saturated carbocycles. The summed E-state index contributed by atoms with van der Waals surface area (Å²) in [6.07, 6.45) is 1.36. The number of ether oxygens (including phenoxy) is 2. The standard InChI is InChI=1S/C30H34N4O4/c1-2-30(31)19-25(30)22-8-11-24(12-9-22)32-28(35)23-10-13-27(34-14-16-37-17-15-34)26(18-23)33-29(36)38-20-21-6-4-3-5-7-21/h3-13,18,25H,2,14-17,19-20,31H2,1H3,(H,32,35)(H,33,36)/t25-,30-/m0/s1. The summed E-state index contributed by atoms with van der Waals surface area (Å²) in [7, 11) is 0. The van der Waals surface area contributed by atoms with Gasteiger partial charge in [-0.15, -0.1) is 0 Å². The Bertz CT molecular complexity index is 1280. The minimum atomic E-state index is -0.584. The van der Waals surface area contributed by atoms with Crippen molar-refractivity contribution in [2.45, 2.75) is 37.8 Å². The summed E-state index contributed by atoms with van der Waals surface area (Å²) in [5.74, 6) is 0.111. The summed E-state index contributed by atoms with van der Waals surface area (Å²) in [5.41, 5.74) is 10.8. The number of rotatable bonds is 8. The van der Waals surface area contributed by atoms with Crippen LogP contribution in [0, 0.1) is 0 Å². The van der Waals surface area contributed by atoms with Crippen molar-refractivity contribution in [2.75, 3.05) is 41.8 Å². The molecule has 0 unspecified atom stereocenters. The Hall–Kier alpha value is -3.88. The van der Waals surface area contributed by atoms with Gasteiger partial charge in [0.25, 0.3) is 5.91 Å². The highest BCUT2D eigenvalue weighted by Gasteiger charge is 2.49. The predicted molar refractivity (Wildman–Crippen MR) is 149 cm³/mol. The Morgan fingerprint density at radius 3 is 2.45 bits per heavy atom. The van der Waals surface area contributed by atoms with E-state index < -0.39 is 6.09 Å². The summed E-state index contributed by atoms with van der Waals surface area (Å²) in [4.78, 5) is 27.9. The van der Waals surface area contributed by atoms with Crippen LogP contribution in [0.3, 0.4) is 0 Å². The summed E-state index contributed by atoms with van der Waals surface area (Å²) in [6, 6.07) is 22.7. The first-order chi connectivity index (χ1) is 18.4. The van der Waals surface area contributed by atoms with Crippen LogP contribution in [0.1, 0.15) is 47.2 Å². The summed E-state index contributed by atoms with van der Waals surface area (Å²) in [6.45, 7) is 4.84. The van der Waals surface area contributed by atoms with E-state index in [1.807, 2.05) is 60.7 Å². The van der Waals surface area contributed by atoms with Crippen LogP contribution in [0.25, 0.3) is 0 Å². The van der Waals surface area contributed by atoms with Crippen LogP contribution in [0.4, 0.5) is 21.9 Å². The minimum absolute atomic E-state index is 0.0986. The van der Waals surface area contributed by atoms with Gasteiger partial charge in [-0.2, -0.15) is 0 Å². The molecule has 0 aromatic heterocycles. The number of nitrogens with two attached hydrogens (primary N) is 1. The van der Waals surface area contributed by atoms with Gasteiger partial charge in [0.15, 0.2) is 0 Å². The Labute approximate surface area is 223 Å². The number of carbonyl (C=O) groups is 2. The predicted octanol–water partition coefficient (Wildman–Crippen LogP) is 5.12. The molecule has 4 N–H and O–H groups in total. The van der Waals surface area contributed by atoms with E-state index in [1.54, 1.807) is 12.1 Å². The first-order valence-electron chi connectivity index (χ1n) is 13.1. The molecule has 1 aliphatic carbocycles. The van der Waals surface area contributed by atoms with Crippen molar-refractivity contribution in [2.24, 2.45) is 5.73 Å². The lowest BCUT2D eigenvalue weighted by molar-refractivity contribution is 0.102. The fourth-order valence-corrected chi connectivity index (χ4v) is 4.89. The van der Waals surface area contributed by atoms with E-state index in [0.29, 0.717) is 49.2 Å². The van der Waals surface area contributed by atoms with Crippen LogP contribution in [-0.2, 0) is 16.1 Å². The van der Waals surface area contributed by atoms with Gasteiger partial charge in [0.1, 0.15) is 6.61 Å².